The Labute approximate surface area is 138 Å². The number of hydrogen-bond donors (Lipinski definition) is 1. The first-order chi connectivity index (χ1) is 10.8. The van der Waals surface area contributed by atoms with E-state index in [-0.39, 0.29) is 17.7 Å². The SMILES string of the molecule is Cc1cc2c(cc1C=C(C#N)C#N)C(C)CC(C)(C)N2CCO. The smallest absolute Gasteiger partial charge is 0.130 e. The Morgan fingerprint density at radius 3 is 2.61 bits per heavy atom. The van der Waals surface area contributed by atoms with E-state index in [1.165, 1.54) is 5.56 Å². The number of β-amino-alcohol motifs (C(OH)–C–C–N with tert-alkyl or cyclic N) is 1. The van der Waals surface area contributed by atoms with Crippen LogP contribution in [0.5, 0.6) is 0 Å². The van der Waals surface area contributed by atoms with Gasteiger partial charge in [0.2, 0.25) is 0 Å². The van der Waals surface area contributed by atoms with Crippen LogP contribution >= 0.6 is 0 Å². The van der Waals surface area contributed by atoms with E-state index in [1.807, 2.05) is 19.1 Å². The van der Waals surface area contributed by atoms with Gasteiger partial charge in [-0.2, -0.15) is 10.5 Å². The third-order valence-corrected chi connectivity index (χ3v) is 4.64. The van der Waals surface area contributed by atoms with Gasteiger partial charge in [-0.15, -0.1) is 0 Å². The molecule has 0 spiro atoms. The molecule has 4 nitrogen and oxygen atoms in total. The lowest BCUT2D eigenvalue weighted by Crippen LogP contribution is -2.49. The van der Waals surface area contributed by atoms with E-state index >= 15 is 0 Å². The third-order valence-electron chi connectivity index (χ3n) is 4.64. The number of hydrogen-bond acceptors (Lipinski definition) is 4. The molecule has 1 atom stereocenters. The van der Waals surface area contributed by atoms with Gasteiger partial charge in [-0.3, -0.25) is 0 Å². The van der Waals surface area contributed by atoms with E-state index in [2.05, 4.69) is 37.8 Å². The van der Waals surface area contributed by atoms with Gasteiger partial charge in [0.25, 0.3) is 0 Å². The minimum Gasteiger partial charge on any atom is -0.395 e. The van der Waals surface area contributed by atoms with Gasteiger partial charge in [0.05, 0.1) is 6.61 Å². The number of nitrogens with zero attached hydrogens (tertiary/aromatic N) is 3. The van der Waals surface area contributed by atoms with Crippen molar-refractivity contribution in [3.63, 3.8) is 0 Å². The van der Waals surface area contributed by atoms with Crippen LogP contribution < -0.4 is 4.90 Å². The van der Waals surface area contributed by atoms with Crippen LogP contribution in [0.4, 0.5) is 5.69 Å². The van der Waals surface area contributed by atoms with Gasteiger partial charge >= 0.3 is 0 Å². The molecule has 120 valence electrons. The lowest BCUT2D eigenvalue weighted by Gasteiger charge is -2.47. The van der Waals surface area contributed by atoms with Crippen molar-refractivity contribution in [1.82, 2.24) is 0 Å². The zero-order chi connectivity index (χ0) is 17.2. The summed E-state index contributed by atoms with van der Waals surface area (Å²) >= 11 is 0. The largest absolute Gasteiger partial charge is 0.395 e. The van der Waals surface area contributed by atoms with Crippen molar-refractivity contribution in [2.45, 2.75) is 45.6 Å². The molecule has 0 bridgehead atoms. The van der Waals surface area contributed by atoms with Gasteiger partial charge in [0, 0.05) is 17.8 Å². The Morgan fingerprint density at radius 1 is 1.39 bits per heavy atom. The van der Waals surface area contributed by atoms with Crippen LogP contribution in [0.3, 0.4) is 0 Å². The Hall–Kier alpha value is -2.30. The van der Waals surface area contributed by atoms with Gasteiger partial charge in [0.1, 0.15) is 17.7 Å². The molecule has 0 amide bonds. The maximum absolute atomic E-state index is 9.43. The average molecular weight is 309 g/mol. The molecule has 0 radical (unpaired) electrons. The molecule has 0 saturated heterocycles. The van der Waals surface area contributed by atoms with Gasteiger partial charge in [-0.25, -0.2) is 0 Å². The number of nitriles is 2. The van der Waals surface area contributed by atoms with Gasteiger partial charge in [-0.1, -0.05) is 6.92 Å². The maximum atomic E-state index is 9.43. The predicted molar refractivity (Wildman–Crippen MR) is 91.9 cm³/mol. The van der Waals surface area contributed by atoms with E-state index < -0.39 is 0 Å². The van der Waals surface area contributed by atoms with Crippen molar-refractivity contribution >= 4 is 11.8 Å². The van der Waals surface area contributed by atoms with E-state index in [0.717, 1.165) is 23.2 Å². The highest BCUT2D eigenvalue weighted by Crippen LogP contribution is 2.44. The van der Waals surface area contributed by atoms with Crippen LogP contribution in [-0.2, 0) is 0 Å². The molecule has 0 fully saturated rings. The normalized spacial score (nSPS) is 18.6. The molecular formula is C19H23N3O. The topological polar surface area (TPSA) is 71.0 Å². The molecule has 0 saturated carbocycles. The van der Waals surface area contributed by atoms with Gasteiger partial charge < -0.3 is 10.0 Å². The number of aliphatic hydroxyl groups is 1. The molecule has 23 heavy (non-hydrogen) atoms. The lowest BCUT2D eigenvalue weighted by atomic mass is 9.79. The summed E-state index contributed by atoms with van der Waals surface area (Å²) in [4.78, 5) is 2.26. The number of allylic oxidation sites excluding steroid dienone is 1. The second-order valence-electron chi connectivity index (χ2n) is 6.84. The quantitative estimate of drug-likeness (QED) is 0.867. The highest BCUT2D eigenvalue weighted by Gasteiger charge is 2.36. The predicted octanol–water partition coefficient (Wildman–Crippen LogP) is 3.51. The minimum absolute atomic E-state index is 0.0105. The second kappa shape index (κ2) is 6.44. The monoisotopic (exact) mass is 309 g/mol. The zero-order valence-corrected chi connectivity index (χ0v) is 14.2. The Kier molecular flexibility index (Phi) is 4.78. The fourth-order valence-electron chi connectivity index (χ4n) is 3.57. The van der Waals surface area contributed by atoms with Crippen LogP contribution in [0.1, 0.15) is 49.8 Å². The molecule has 1 aromatic rings. The number of aliphatic hydroxyl groups excluding tert-OH is 1. The molecular weight excluding hydrogens is 286 g/mol. The van der Waals surface area contributed by atoms with Crippen LogP contribution in [0.25, 0.3) is 6.08 Å². The molecule has 1 heterocycles. The number of anilines is 1. The standard InChI is InChI=1S/C19H23N3O/c1-13-7-18-17(9-16(13)8-15(11-20)12-21)14(2)10-19(3,4)22(18)5-6-23/h7-9,14,23H,5-6,10H2,1-4H3. The fraction of sp³-hybridized carbons (Fsp3) is 0.474. The molecule has 0 aliphatic carbocycles. The Bertz CT molecular complexity index is 703. The van der Waals surface area contributed by atoms with E-state index in [4.69, 9.17) is 10.5 Å². The van der Waals surface area contributed by atoms with E-state index in [1.54, 1.807) is 6.08 Å². The molecule has 2 rings (SSSR count). The summed E-state index contributed by atoms with van der Waals surface area (Å²) in [5.41, 5.74) is 4.41. The number of benzene rings is 1. The first-order valence-electron chi connectivity index (χ1n) is 7.89. The summed E-state index contributed by atoms with van der Waals surface area (Å²) in [6.45, 7) is 9.31. The first kappa shape index (κ1) is 17.1. The molecule has 1 aliphatic rings. The van der Waals surface area contributed by atoms with Gasteiger partial charge in [-0.05, 0) is 68.0 Å². The summed E-state index contributed by atoms with van der Waals surface area (Å²) in [6, 6.07) is 8.03. The molecule has 4 heteroatoms. The Morgan fingerprint density at radius 2 is 2.04 bits per heavy atom. The van der Waals surface area contributed by atoms with Crippen molar-refractivity contribution in [1.29, 1.82) is 10.5 Å². The highest BCUT2D eigenvalue weighted by molar-refractivity contribution is 5.70. The third kappa shape index (κ3) is 3.23. The molecule has 1 N–H and O–H groups in total. The maximum Gasteiger partial charge on any atom is 0.130 e. The molecule has 0 aromatic heterocycles. The van der Waals surface area contributed by atoms with Gasteiger partial charge in [0.15, 0.2) is 0 Å². The second-order valence-corrected chi connectivity index (χ2v) is 6.84. The van der Waals surface area contributed by atoms with Crippen molar-refractivity contribution in [3.8, 4) is 12.1 Å². The Balaban J connectivity index is 2.60. The highest BCUT2D eigenvalue weighted by atomic mass is 16.3. The summed E-state index contributed by atoms with van der Waals surface area (Å²) in [5, 5.41) is 27.4. The summed E-state index contributed by atoms with van der Waals surface area (Å²) < 4.78 is 0. The van der Waals surface area contributed by atoms with E-state index in [0.29, 0.717) is 12.5 Å². The van der Waals surface area contributed by atoms with Crippen molar-refractivity contribution in [2.24, 2.45) is 0 Å². The molecule has 1 aromatic carbocycles. The zero-order valence-electron chi connectivity index (χ0n) is 14.2. The lowest BCUT2D eigenvalue weighted by molar-refractivity contribution is 0.277. The summed E-state index contributed by atoms with van der Waals surface area (Å²) in [7, 11) is 0. The average Bonchev–Trinajstić information content (AvgIpc) is 2.49. The van der Waals surface area contributed by atoms with Crippen molar-refractivity contribution in [2.75, 3.05) is 18.1 Å². The van der Waals surface area contributed by atoms with Crippen LogP contribution in [0, 0.1) is 29.6 Å². The van der Waals surface area contributed by atoms with Crippen LogP contribution in [-0.4, -0.2) is 23.8 Å². The van der Waals surface area contributed by atoms with Crippen molar-refractivity contribution in [3.05, 3.63) is 34.4 Å². The molecule has 1 aliphatic heterocycles. The van der Waals surface area contributed by atoms with Crippen LogP contribution in [0.2, 0.25) is 0 Å². The minimum atomic E-state index is -0.0105. The number of aryl methyl sites for hydroxylation is 1. The fourth-order valence-corrected chi connectivity index (χ4v) is 3.57. The van der Waals surface area contributed by atoms with Crippen molar-refractivity contribution < 1.29 is 5.11 Å². The van der Waals surface area contributed by atoms with Crippen LogP contribution in [0.15, 0.2) is 17.7 Å². The van der Waals surface area contributed by atoms with E-state index in [9.17, 15) is 5.11 Å². The summed E-state index contributed by atoms with van der Waals surface area (Å²) in [5.74, 6) is 0.385. The number of fused-ring (bicyclic) bond motifs is 1. The number of rotatable bonds is 3. The first-order valence-corrected chi connectivity index (χ1v) is 7.89. The molecule has 1 unspecified atom stereocenters. The summed E-state index contributed by atoms with van der Waals surface area (Å²) in [6.07, 6.45) is 2.65.